The van der Waals surface area contributed by atoms with Crippen molar-refractivity contribution in [1.82, 2.24) is 5.01 Å². The summed E-state index contributed by atoms with van der Waals surface area (Å²) in [4.78, 5) is 41.2. The molecule has 7 nitrogen and oxygen atoms in total. The Hall–Kier alpha value is -3.55. The van der Waals surface area contributed by atoms with Crippen molar-refractivity contribution < 1.29 is 18.8 Å². The molecular formula is C28H33FN4O3. The Kier molecular flexibility index (Phi) is 7.52. The zero-order valence-corrected chi connectivity index (χ0v) is 21.1. The van der Waals surface area contributed by atoms with Gasteiger partial charge in [0, 0.05) is 22.6 Å². The lowest BCUT2D eigenvalue weighted by Crippen LogP contribution is -2.47. The summed E-state index contributed by atoms with van der Waals surface area (Å²) in [5.74, 6) is -0.805. The number of para-hydroxylation sites is 1. The quantitative estimate of drug-likeness (QED) is 0.569. The first-order chi connectivity index (χ1) is 17.1. The van der Waals surface area contributed by atoms with Crippen LogP contribution in [-0.2, 0) is 9.59 Å². The fourth-order valence-electron chi connectivity index (χ4n) is 4.58. The summed E-state index contributed by atoms with van der Waals surface area (Å²) in [5.41, 5.74) is 2.01. The van der Waals surface area contributed by atoms with E-state index < -0.39 is 23.2 Å². The Bertz CT molecular complexity index is 1160. The van der Waals surface area contributed by atoms with E-state index in [2.05, 4.69) is 5.32 Å². The number of ketones is 1. The van der Waals surface area contributed by atoms with Crippen LogP contribution in [0, 0.1) is 17.2 Å². The standard InChI is InChI=1S/C28H33FN4O3/c1-28(2,3)24(34)17-32-23-12-8-7-11-22(23)26(19-9-5-4-6-10-19)31-33(27(32)36)18-25(35)30-21-15-13-20(29)14-16-21/h7-8,11-16,19H,4-6,9-10,17-18H2,1-3H3,(H,30,35). The van der Waals surface area contributed by atoms with E-state index in [1.807, 2.05) is 45.0 Å². The molecule has 1 fully saturated rings. The predicted molar refractivity (Wildman–Crippen MR) is 138 cm³/mol. The first kappa shape index (κ1) is 25.5. The lowest BCUT2D eigenvalue weighted by molar-refractivity contribution is -0.124. The highest BCUT2D eigenvalue weighted by atomic mass is 19.1. The summed E-state index contributed by atoms with van der Waals surface area (Å²) < 4.78 is 13.3. The molecule has 0 unspecified atom stereocenters. The number of nitrogens with zero attached hydrogens (tertiary/aromatic N) is 3. The van der Waals surface area contributed by atoms with E-state index in [4.69, 9.17) is 5.10 Å². The van der Waals surface area contributed by atoms with E-state index in [9.17, 15) is 18.8 Å². The minimum Gasteiger partial charge on any atom is -0.324 e. The summed E-state index contributed by atoms with van der Waals surface area (Å²) in [7, 11) is 0. The van der Waals surface area contributed by atoms with Gasteiger partial charge in [-0.25, -0.2) is 14.2 Å². The Morgan fingerprint density at radius 3 is 2.33 bits per heavy atom. The van der Waals surface area contributed by atoms with Crippen molar-refractivity contribution in [3.63, 3.8) is 0 Å². The molecule has 8 heteroatoms. The molecule has 3 amide bonds. The van der Waals surface area contributed by atoms with Crippen LogP contribution >= 0.6 is 0 Å². The molecule has 4 rings (SSSR count). The number of hydrogen-bond acceptors (Lipinski definition) is 4. The molecule has 190 valence electrons. The number of hydrogen-bond donors (Lipinski definition) is 1. The minimum atomic E-state index is -0.640. The van der Waals surface area contributed by atoms with Crippen molar-refractivity contribution in [3.05, 3.63) is 59.9 Å². The Labute approximate surface area is 211 Å². The first-order valence-electron chi connectivity index (χ1n) is 12.5. The highest BCUT2D eigenvalue weighted by Gasteiger charge is 2.36. The third-order valence-electron chi connectivity index (χ3n) is 6.70. The molecule has 0 aromatic heterocycles. The van der Waals surface area contributed by atoms with Gasteiger partial charge in [-0.1, -0.05) is 58.2 Å². The number of Topliss-reactive ketones (excluding diaryl/α,β-unsaturated/α-hetero) is 1. The summed E-state index contributed by atoms with van der Waals surface area (Å²) in [6.45, 7) is 5.01. The van der Waals surface area contributed by atoms with Crippen LogP contribution in [0.5, 0.6) is 0 Å². The van der Waals surface area contributed by atoms with Crippen molar-refractivity contribution in [2.45, 2.75) is 52.9 Å². The van der Waals surface area contributed by atoms with Gasteiger partial charge in [-0.05, 0) is 43.2 Å². The number of nitrogens with one attached hydrogen (secondary N) is 1. The Balaban J connectivity index is 1.70. The van der Waals surface area contributed by atoms with Crippen LogP contribution in [0.4, 0.5) is 20.6 Å². The molecule has 0 spiro atoms. The van der Waals surface area contributed by atoms with E-state index in [1.165, 1.54) is 40.6 Å². The Morgan fingerprint density at radius 2 is 1.67 bits per heavy atom. The van der Waals surface area contributed by atoms with Gasteiger partial charge in [0.25, 0.3) is 0 Å². The summed E-state index contributed by atoms with van der Waals surface area (Å²) in [5, 5.41) is 8.63. The maximum Gasteiger partial charge on any atom is 0.345 e. The van der Waals surface area contributed by atoms with E-state index in [1.54, 1.807) is 0 Å². The van der Waals surface area contributed by atoms with Crippen LogP contribution in [0.2, 0.25) is 0 Å². The third-order valence-corrected chi connectivity index (χ3v) is 6.70. The number of urea groups is 1. The van der Waals surface area contributed by atoms with Crippen molar-refractivity contribution in [1.29, 1.82) is 0 Å². The number of anilines is 2. The van der Waals surface area contributed by atoms with Crippen LogP contribution in [0.3, 0.4) is 0 Å². The molecule has 36 heavy (non-hydrogen) atoms. The van der Waals surface area contributed by atoms with Crippen LogP contribution in [0.15, 0.2) is 53.6 Å². The molecule has 1 aliphatic carbocycles. The van der Waals surface area contributed by atoms with E-state index >= 15 is 0 Å². The van der Waals surface area contributed by atoms with Crippen LogP contribution in [0.1, 0.15) is 58.4 Å². The lowest BCUT2D eigenvalue weighted by Gasteiger charge is -2.28. The van der Waals surface area contributed by atoms with E-state index in [0.29, 0.717) is 11.4 Å². The number of rotatable bonds is 6. The summed E-state index contributed by atoms with van der Waals surface area (Å²) >= 11 is 0. The maximum absolute atomic E-state index is 13.8. The number of carbonyl (C=O) groups is 3. The van der Waals surface area contributed by atoms with Crippen molar-refractivity contribution in [2.75, 3.05) is 23.3 Å². The highest BCUT2D eigenvalue weighted by molar-refractivity contribution is 6.13. The second kappa shape index (κ2) is 10.6. The summed E-state index contributed by atoms with van der Waals surface area (Å²) in [6.07, 6.45) is 5.24. The summed E-state index contributed by atoms with van der Waals surface area (Å²) in [6, 6.07) is 12.4. The van der Waals surface area contributed by atoms with Crippen LogP contribution < -0.4 is 10.2 Å². The number of carbonyl (C=O) groups excluding carboxylic acids is 3. The van der Waals surface area contributed by atoms with Gasteiger partial charge in [0.15, 0.2) is 5.78 Å². The monoisotopic (exact) mass is 492 g/mol. The highest BCUT2D eigenvalue weighted by Crippen LogP contribution is 2.34. The average Bonchev–Trinajstić information content (AvgIpc) is 2.96. The molecule has 0 atom stereocenters. The zero-order valence-electron chi connectivity index (χ0n) is 21.1. The molecule has 2 aromatic rings. The van der Waals surface area contributed by atoms with Gasteiger partial charge in [-0.3, -0.25) is 14.5 Å². The van der Waals surface area contributed by atoms with Crippen LogP contribution in [0.25, 0.3) is 0 Å². The van der Waals surface area contributed by atoms with E-state index in [0.717, 1.165) is 37.0 Å². The number of halogens is 1. The molecular weight excluding hydrogens is 459 g/mol. The van der Waals surface area contributed by atoms with Crippen molar-refractivity contribution in [3.8, 4) is 0 Å². The molecule has 0 radical (unpaired) electrons. The number of hydrazone groups is 1. The molecule has 2 aliphatic rings. The van der Waals surface area contributed by atoms with Crippen molar-refractivity contribution >= 4 is 34.8 Å². The molecule has 1 heterocycles. The van der Waals surface area contributed by atoms with Gasteiger partial charge < -0.3 is 5.32 Å². The molecule has 0 saturated heterocycles. The molecule has 0 bridgehead atoms. The van der Waals surface area contributed by atoms with Crippen LogP contribution in [-0.4, -0.2) is 41.5 Å². The second-order valence-electron chi connectivity index (χ2n) is 10.5. The van der Waals surface area contributed by atoms with Gasteiger partial charge in [0.2, 0.25) is 5.91 Å². The molecule has 1 N–H and O–H groups in total. The van der Waals surface area contributed by atoms with Gasteiger partial charge in [0.05, 0.1) is 17.9 Å². The number of fused-ring (bicyclic) bond motifs is 1. The largest absolute Gasteiger partial charge is 0.345 e. The number of amides is 3. The smallest absolute Gasteiger partial charge is 0.324 e. The topological polar surface area (TPSA) is 82.1 Å². The molecule has 1 saturated carbocycles. The fraction of sp³-hybridized carbons (Fsp3) is 0.429. The SMILES string of the molecule is CC(C)(C)C(=O)CN1C(=O)N(CC(=O)Nc2ccc(F)cc2)N=C(C2CCCCC2)c2ccccc21. The lowest BCUT2D eigenvalue weighted by atomic mass is 9.83. The average molecular weight is 493 g/mol. The second-order valence-corrected chi connectivity index (χ2v) is 10.5. The molecule has 1 aliphatic heterocycles. The predicted octanol–water partition coefficient (Wildman–Crippen LogP) is 5.61. The van der Waals surface area contributed by atoms with Gasteiger partial charge in [-0.15, -0.1) is 0 Å². The van der Waals surface area contributed by atoms with Crippen molar-refractivity contribution in [2.24, 2.45) is 16.4 Å². The maximum atomic E-state index is 13.8. The van der Waals surface area contributed by atoms with Gasteiger partial charge in [-0.2, -0.15) is 5.10 Å². The van der Waals surface area contributed by atoms with E-state index in [-0.39, 0.29) is 24.8 Å². The number of benzene rings is 2. The molecule has 2 aromatic carbocycles. The zero-order chi connectivity index (χ0) is 25.9. The fourth-order valence-corrected chi connectivity index (χ4v) is 4.58. The van der Waals surface area contributed by atoms with Gasteiger partial charge in [0.1, 0.15) is 12.4 Å². The Morgan fingerprint density at radius 1 is 1.00 bits per heavy atom. The minimum absolute atomic E-state index is 0.0949. The van der Waals surface area contributed by atoms with Gasteiger partial charge >= 0.3 is 6.03 Å². The normalized spacial score (nSPS) is 16.8. The third kappa shape index (κ3) is 5.80. The first-order valence-corrected chi connectivity index (χ1v) is 12.5.